The standard InChI is InChI=1S/C17H26N2/c18-9-16(13-1-2-19-10-13)8-17-14-4-11-3-12(6-14)7-15(17)5-11/h1-2,10-12,14-17,19H,3-9,18H2. The van der Waals surface area contributed by atoms with E-state index in [9.17, 15) is 0 Å². The van der Waals surface area contributed by atoms with Gasteiger partial charge in [-0.05, 0) is 92.2 Å². The molecule has 3 N–H and O–H groups in total. The highest BCUT2D eigenvalue weighted by Crippen LogP contribution is 2.58. The molecule has 2 nitrogen and oxygen atoms in total. The van der Waals surface area contributed by atoms with Crippen LogP contribution in [0.1, 0.15) is 50.0 Å². The van der Waals surface area contributed by atoms with Gasteiger partial charge in [-0.2, -0.15) is 0 Å². The summed E-state index contributed by atoms with van der Waals surface area (Å²) in [5, 5.41) is 0. The molecule has 4 bridgehead atoms. The van der Waals surface area contributed by atoms with Crippen molar-refractivity contribution < 1.29 is 0 Å². The average molecular weight is 258 g/mol. The summed E-state index contributed by atoms with van der Waals surface area (Å²) >= 11 is 0. The molecule has 5 rings (SSSR count). The molecule has 0 spiro atoms. The number of aromatic amines is 1. The van der Waals surface area contributed by atoms with E-state index in [1.165, 1.54) is 37.7 Å². The molecule has 0 aromatic carbocycles. The Morgan fingerprint density at radius 1 is 1.11 bits per heavy atom. The van der Waals surface area contributed by atoms with Crippen LogP contribution in [-0.4, -0.2) is 11.5 Å². The van der Waals surface area contributed by atoms with Crippen molar-refractivity contribution in [3.63, 3.8) is 0 Å². The number of hydrogen-bond donors (Lipinski definition) is 2. The summed E-state index contributed by atoms with van der Waals surface area (Å²) in [5.41, 5.74) is 7.48. The molecule has 1 aromatic rings. The number of hydrogen-bond acceptors (Lipinski definition) is 1. The van der Waals surface area contributed by atoms with E-state index in [1.807, 2.05) is 6.20 Å². The van der Waals surface area contributed by atoms with Crippen molar-refractivity contribution in [2.75, 3.05) is 6.54 Å². The van der Waals surface area contributed by atoms with E-state index in [0.29, 0.717) is 5.92 Å². The van der Waals surface area contributed by atoms with Crippen molar-refractivity contribution in [3.8, 4) is 0 Å². The molecule has 4 aliphatic carbocycles. The van der Waals surface area contributed by atoms with Gasteiger partial charge in [-0.15, -0.1) is 0 Å². The molecule has 104 valence electrons. The Labute approximate surface area is 116 Å². The van der Waals surface area contributed by atoms with E-state index < -0.39 is 0 Å². The van der Waals surface area contributed by atoms with E-state index in [-0.39, 0.29) is 0 Å². The summed E-state index contributed by atoms with van der Waals surface area (Å²) in [6, 6.07) is 2.22. The van der Waals surface area contributed by atoms with Crippen LogP contribution in [-0.2, 0) is 0 Å². The molecule has 1 unspecified atom stereocenters. The minimum atomic E-state index is 0.578. The first kappa shape index (κ1) is 12.0. The smallest absolute Gasteiger partial charge is 0.00406 e. The van der Waals surface area contributed by atoms with E-state index in [0.717, 1.165) is 36.1 Å². The van der Waals surface area contributed by atoms with Gasteiger partial charge in [0.05, 0.1) is 0 Å². The first-order chi connectivity index (χ1) is 9.33. The third kappa shape index (κ3) is 2.05. The molecule has 19 heavy (non-hydrogen) atoms. The lowest BCUT2D eigenvalue weighted by Gasteiger charge is -2.55. The summed E-state index contributed by atoms with van der Waals surface area (Å²) in [6.07, 6.45) is 13.2. The van der Waals surface area contributed by atoms with Crippen molar-refractivity contribution in [1.82, 2.24) is 4.98 Å². The van der Waals surface area contributed by atoms with Crippen LogP contribution in [0.5, 0.6) is 0 Å². The maximum absolute atomic E-state index is 6.05. The third-order valence-electron chi connectivity index (χ3n) is 6.36. The maximum atomic E-state index is 6.05. The highest BCUT2D eigenvalue weighted by atomic mass is 14.6. The van der Waals surface area contributed by atoms with Crippen molar-refractivity contribution in [1.29, 1.82) is 0 Å². The second-order valence-electron chi connectivity index (χ2n) is 7.41. The van der Waals surface area contributed by atoms with Crippen LogP contribution < -0.4 is 5.73 Å². The van der Waals surface area contributed by atoms with Crippen LogP contribution in [0.15, 0.2) is 18.5 Å². The highest BCUT2D eigenvalue weighted by Gasteiger charge is 2.48. The number of nitrogens with one attached hydrogen (secondary N) is 1. The second kappa shape index (κ2) is 4.66. The molecule has 0 aliphatic heterocycles. The Balaban J connectivity index is 1.50. The highest BCUT2D eigenvalue weighted by molar-refractivity contribution is 5.16. The molecule has 0 radical (unpaired) electrons. The van der Waals surface area contributed by atoms with Crippen molar-refractivity contribution in [3.05, 3.63) is 24.0 Å². The fraction of sp³-hybridized carbons (Fsp3) is 0.765. The third-order valence-corrected chi connectivity index (χ3v) is 6.36. The van der Waals surface area contributed by atoms with E-state index in [4.69, 9.17) is 5.73 Å². The molecule has 1 aromatic heterocycles. The lowest BCUT2D eigenvalue weighted by Crippen LogP contribution is -2.45. The minimum absolute atomic E-state index is 0.578. The predicted molar refractivity (Wildman–Crippen MR) is 77.7 cm³/mol. The summed E-state index contributed by atoms with van der Waals surface area (Å²) in [7, 11) is 0. The van der Waals surface area contributed by atoms with Crippen molar-refractivity contribution in [2.45, 2.75) is 44.4 Å². The van der Waals surface area contributed by atoms with Gasteiger partial charge in [-0.25, -0.2) is 0 Å². The quantitative estimate of drug-likeness (QED) is 0.852. The lowest BCUT2D eigenvalue weighted by atomic mass is 9.50. The van der Waals surface area contributed by atoms with Gasteiger partial charge in [0.1, 0.15) is 0 Å². The molecular formula is C17H26N2. The van der Waals surface area contributed by atoms with Crippen LogP contribution in [0.2, 0.25) is 0 Å². The molecule has 2 heteroatoms. The summed E-state index contributed by atoms with van der Waals surface area (Å²) in [6.45, 7) is 0.806. The lowest BCUT2D eigenvalue weighted by molar-refractivity contribution is -0.0419. The Morgan fingerprint density at radius 2 is 1.79 bits per heavy atom. The summed E-state index contributed by atoms with van der Waals surface area (Å²) in [5.74, 6) is 5.78. The molecule has 4 aliphatic rings. The van der Waals surface area contributed by atoms with E-state index in [2.05, 4.69) is 17.2 Å². The summed E-state index contributed by atoms with van der Waals surface area (Å²) in [4.78, 5) is 3.19. The van der Waals surface area contributed by atoms with E-state index >= 15 is 0 Å². The SMILES string of the molecule is NCC(CC1C2CC3CC(C2)CC1C3)c1cc[nH]c1. The van der Waals surface area contributed by atoms with Gasteiger partial charge in [-0.3, -0.25) is 0 Å². The van der Waals surface area contributed by atoms with Gasteiger partial charge in [0.25, 0.3) is 0 Å². The second-order valence-corrected chi connectivity index (χ2v) is 7.41. The Kier molecular flexibility index (Phi) is 2.95. The van der Waals surface area contributed by atoms with Gasteiger partial charge in [0.2, 0.25) is 0 Å². The Hall–Kier alpha value is -0.760. The van der Waals surface area contributed by atoms with Gasteiger partial charge in [0, 0.05) is 12.4 Å². The fourth-order valence-corrected chi connectivity index (χ4v) is 5.71. The topological polar surface area (TPSA) is 41.8 Å². The molecule has 1 atom stereocenters. The van der Waals surface area contributed by atoms with Gasteiger partial charge in [-0.1, -0.05) is 0 Å². The minimum Gasteiger partial charge on any atom is -0.367 e. The normalized spacial score (nSPS) is 41.6. The molecule has 4 fully saturated rings. The molecule has 1 heterocycles. The molecule has 0 saturated heterocycles. The monoisotopic (exact) mass is 258 g/mol. The summed E-state index contributed by atoms with van der Waals surface area (Å²) < 4.78 is 0. The van der Waals surface area contributed by atoms with Crippen LogP contribution in [0.25, 0.3) is 0 Å². The van der Waals surface area contributed by atoms with Crippen LogP contribution in [0.4, 0.5) is 0 Å². The average Bonchev–Trinajstić information content (AvgIpc) is 2.91. The first-order valence-corrected chi connectivity index (χ1v) is 8.16. The zero-order chi connectivity index (χ0) is 12.8. The van der Waals surface area contributed by atoms with Gasteiger partial charge < -0.3 is 10.7 Å². The Bertz CT molecular complexity index is 394. The van der Waals surface area contributed by atoms with Gasteiger partial charge in [0.15, 0.2) is 0 Å². The number of aromatic nitrogens is 1. The van der Waals surface area contributed by atoms with Crippen LogP contribution in [0, 0.1) is 29.6 Å². The zero-order valence-corrected chi connectivity index (χ0v) is 11.7. The van der Waals surface area contributed by atoms with Crippen molar-refractivity contribution in [2.24, 2.45) is 35.3 Å². The van der Waals surface area contributed by atoms with Crippen LogP contribution in [0.3, 0.4) is 0 Å². The van der Waals surface area contributed by atoms with Crippen molar-refractivity contribution >= 4 is 0 Å². The first-order valence-electron chi connectivity index (χ1n) is 8.16. The number of rotatable bonds is 4. The largest absolute Gasteiger partial charge is 0.367 e. The molecular weight excluding hydrogens is 232 g/mol. The molecule has 0 amide bonds. The van der Waals surface area contributed by atoms with Gasteiger partial charge >= 0.3 is 0 Å². The fourth-order valence-electron chi connectivity index (χ4n) is 5.71. The number of H-pyrrole nitrogens is 1. The Morgan fingerprint density at radius 3 is 2.32 bits per heavy atom. The predicted octanol–water partition coefficient (Wildman–Crippen LogP) is 3.52. The maximum Gasteiger partial charge on any atom is 0.00406 e. The van der Waals surface area contributed by atoms with E-state index in [1.54, 1.807) is 6.42 Å². The molecule has 4 saturated carbocycles. The zero-order valence-electron chi connectivity index (χ0n) is 11.7. The number of nitrogens with two attached hydrogens (primary N) is 1. The van der Waals surface area contributed by atoms with Crippen LogP contribution >= 0.6 is 0 Å².